The molecule has 0 unspecified atom stereocenters. The molecule has 1 aromatic carbocycles. The third-order valence-electron chi connectivity index (χ3n) is 6.13. The van der Waals surface area contributed by atoms with Crippen molar-refractivity contribution in [3.05, 3.63) is 42.9 Å². The van der Waals surface area contributed by atoms with E-state index in [1.165, 1.54) is 7.11 Å². The van der Waals surface area contributed by atoms with E-state index >= 15 is 0 Å². The van der Waals surface area contributed by atoms with Crippen molar-refractivity contribution in [1.82, 2.24) is 24.6 Å². The Kier molecular flexibility index (Phi) is 5.08. The van der Waals surface area contributed by atoms with Gasteiger partial charge in [0.25, 0.3) is 0 Å². The normalized spacial score (nSPS) is 21.4. The average molecular weight is 458 g/mol. The summed E-state index contributed by atoms with van der Waals surface area (Å²) in [5, 5.41) is 17.4. The molecule has 1 fully saturated rings. The third-order valence-corrected chi connectivity index (χ3v) is 6.13. The molecule has 33 heavy (non-hydrogen) atoms. The number of ether oxygens (including phenoxy) is 1. The largest absolute Gasteiger partial charge is 0.479 e. The molecule has 1 aliphatic carbocycles. The Morgan fingerprint density at radius 3 is 2.55 bits per heavy atom. The summed E-state index contributed by atoms with van der Waals surface area (Å²) in [6.45, 7) is 0. The average Bonchev–Trinajstić information content (AvgIpc) is 3.23. The first-order valence-electron chi connectivity index (χ1n) is 10.5. The van der Waals surface area contributed by atoms with Gasteiger partial charge in [0, 0.05) is 30.2 Å². The molecular formula is C22H21F3N6O2. The topological polar surface area (TPSA) is 97.5 Å². The van der Waals surface area contributed by atoms with Gasteiger partial charge < -0.3 is 15.2 Å². The predicted octanol–water partition coefficient (Wildman–Crippen LogP) is 4.00. The SMILES string of the molecule is COc1nc(N[C@H]2CC[C@@](O)(C(F)(F)F)CC2)nn2ccc(-c3ccc4nccnc4c3)c12. The Labute approximate surface area is 186 Å². The minimum absolute atomic E-state index is 0.148. The van der Waals surface area contributed by atoms with Crippen molar-refractivity contribution in [3.8, 4) is 17.0 Å². The maximum atomic E-state index is 13.1. The van der Waals surface area contributed by atoms with Gasteiger partial charge in [0.05, 0.1) is 18.1 Å². The van der Waals surface area contributed by atoms with Gasteiger partial charge in [-0.1, -0.05) is 6.07 Å². The Hall–Kier alpha value is -3.47. The fourth-order valence-electron chi connectivity index (χ4n) is 4.27. The lowest BCUT2D eigenvalue weighted by Gasteiger charge is -2.37. The molecule has 172 valence electrons. The van der Waals surface area contributed by atoms with Crippen LogP contribution in [0.25, 0.3) is 27.7 Å². The molecule has 1 saturated carbocycles. The van der Waals surface area contributed by atoms with E-state index in [1.807, 2.05) is 24.3 Å². The van der Waals surface area contributed by atoms with Crippen molar-refractivity contribution in [2.75, 3.05) is 12.4 Å². The smallest absolute Gasteiger partial charge is 0.417 e. The van der Waals surface area contributed by atoms with Crippen molar-refractivity contribution in [3.63, 3.8) is 0 Å². The number of anilines is 1. The van der Waals surface area contributed by atoms with Crippen LogP contribution in [-0.4, -0.2) is 54.6 Å². The van der Waals surface area contributed by atoms with E-state index < -0.39 is 11.8 Å². The molecule has 2 N–H and O–H groups in total. The number of alkyl halides is 3. The van der Waals surface area contributed by atoms with Crippen LogP contribution in [0.2, 0.25) is 0 Å². The van der Waals surface area contributed by atoms with E-state index in [0.717, 1.165) is 22.2 Å². The second-order valence-electron chi connectivity index (χ2n) is 8.18. The molecular weight excluding hydrogens is 437 g/mol. The van der Waals surface area contributed by atoms with Gasteiger partial charge in [0.15, 0.2) is 5.60 Å². The first-order chi connectivity index (χ1) is 15.8. The van der Waals surface area contributed by atoms with E-state index in [-0.39, 0.29) is 37.7 Å². The summed E-state index contributed by atoms with van der Waals surface area (Å²) in [4.78, 5) is 13.1. The number of methoxy groups -OCH3 is 1. The fraction of sp³-hybridized carbons (Fsp3) is 0.364. The molecule has 3 aromatic heterocycles. The van der Waals surface area contributed by atoms with Gasteiger partial charge >= 0.3 is 6.18 Å². The molecule has 1 aliphatic rings. The zero-order chi connectivity index (χ0) is 23.2. The monoisotopic (exact) mass is 458 g/mol. The Morgan fingerprint density at radius 1 is 1.12 bits per heavy atom. The number of hydrogen-bond donors (Lipinski definition) is 2. The van der Waals surface area contributed by atoms with E-state index in [0.29, 0.717) is 11.4 Å². The number of fused-ring (bicyclic) bond motifs is 2. The van der Waals surface area contributed by atoms with Crippen molar-refractivity contribution in [2.24, 2.45) is 0 Å². The van der Waals surface area contributed by atoms with Gasteiger partial charge in [-0.3, -0.25) is 9.97 Å². The molecule has 5 rings (SSSR count). The van der Waals surface area contributed by atoms with Crippen molar-refractivity contribution < 1.29 is 23.0 Å². The highest BCUT2D eigenvalue weighted by atomic mass is 19.4. The second kappa shape index (κ2) is 7.84. The van der Waals surface area contributed by atoms with Crippen molar-refractivity contribution >= 4 is 22.5 Å². The minimum Gasteiger partial charge on any atom is -0.479 e. The number of nitrogens with zero attached hydrogens (tertiary/aromatic N) is 5. The number of aromatic nitrogens is 5. The lowest BCUT2D eigenvalue weighted by molar-refractivity contribution is -0.269. The molecule has 11 heteroatoms. The van der Waals surface area contributed by atoms with E-state index in [4.69, 9.17) is 4.74 Å². The van der Waals surface area contributed by atoms with Crippen LogP contribution in [0.1, 0.15) is 25.7 Å². The van der Waals surface area contributed by atoms with Crippen LogP contribution in [0.4, 0.5) is 19.1 Å². The summed E-state index contributed by atoms with van der Waals surface area (Å²) in [6, 6.07) is 7.34. The van der Waals surface area contributed by atoms with Crippen LogP contribution in [0, 0.1) is 0 Å². The highest BCUT2D eigenvalue weighted by Crippen LogP contribution is 2.42. The molecule has 4 aromatic rings. The third kappa shape index (κ3) is 3.82. The lowest BCUT2D eigenvalue weighted by Crippen LogP contribution is -2.49. The molecule has 0 saturated heterocycles. The van der Waals surface area contributed by atoms with Crippen LogP contribution in [0.15, 0.2) is 42.9 Å². The van der Waals surface area contributed by atoms with Gasteiger partial charge in [-0.25, -0.2) is 4.52 Å². The standard InChI is InChI=1S/C22H21F3N6O2/c1-33-19-18-15(13-2-3-16-17(12-13)27-10-9-26-16)6-11-31(18)30-20(29-19)28-14-4-7-21(32,8-5-14)22(23,24)25/h2-3,6,9-12,14,32H,4-5,7-8H2,1H3,(H,28,30)/t14-,21-. The lowest BCUT2D eigenvalue weighted by atomic mass is 9.82. The maximum Gasteiger partial charge on any atom is 0.417 e. The number of nitrogens with one attached hydrogen (secondary N) is 1. The molecule has 0 aliphatic heterocycles. The molecule has 0 atom stereocenters. The molecule has 3 heterocycles. The van der Waals surface area contributed by atoms with E-state index in [2.05, 4.69) is 25.4 Å². The zero-order valence-corrected chi connectivity index (χ0v) is 17.7. The molecule has 0 bridgehead atoms. The number of halogens is 3. The van der Waals surface area contributed by atoms with Crippen LogP contribution >= 0.6 is 0 Å². The summed E-state index contributed by atoms with van der Waals surface area (Å²) in [5.74, 6) is 0.572. The first kappa shape index (κ1) is 21.4. The minimum atomic E-state index is -4.63. The van der Waals surface area contributed by atoms with Gasteiger partial charge in [0.2, 0.25) is 11.8 Å². The van der Waals surface area contributed by atoms with Gasteiger partial charge in [-0.15, -0.1) is 5.10 Å². The summed E-state index contributed by atoms with van der Waals surface area (Å²) >= 11 is 0. The van der Waals surface area contributed by atoms with Crippen LogP contribution in [-0.2, 0) is 0 Å². The maximum absolute atomic E-state index is 13.1. The first-order valence-corrected chi connectivity index (χ1v) is 10.5. The number of rotatable bonds is 4. The summed E-state index contributed by atoms with van der Waals surface area (Å²) in [5.41, 5.74) is 1.30. The highest BCUT2D eigenvalue weighted by Gasteiger charge is 2.54. The number of aliphatic hydroxyl groups is 1. The summed E-state index contributed by atoms with van der Waals surface area (Å²) in [6.07, 6.45) is -0.0398. The predicted molar refractivity (Wildman–Crippen MR) is 115 cm³/mol. The Balaban J connectivity index is 1.43. The van der Waals surface area contributed by atoms with Crippen LogP contribution in [0.5, 0.6) is 5.88 Å². The fourth-order valence-corrected chi connectivity index (χ4v) is 4.27. The Bertz CT molecular complexity index is 1310. The molecule has 0 spiro atoms. The van der Waals surface area contributed by atoms with E-state index in [9.17, 15) is 18.3 Å². The molecule has 0 amide bonds. The van der Waals surface area contributed by atoms with Crippen molar-refractivity contribution in [1.29, 1.82) is 0 Å². The van der Waals surface area contributed by atoms with Gasteiger partial charge in [-0.2, -0.15) is 18.2 Å². The second-order valence-corrected chi connectivity index (χ2v) is 8.18. The molecule has 0 radical (unpaired) electrons. The van der Waals surface area contributed by atoms with Crippen LogP contribution in [0.3, 0.4) is 0 Å². The molecule has 8 nitrogen and oxygen atoms in total. The zero-order valence-electron chi connectivity index (χ0n) is 17.7. The summed E-state index contributed by atoms with van der Waals surface area (Å²) < 4.78 is 46.3. The Morgan fingerprint density at radius 2 is 1.85 bits per heavy atom. The number of hydrogen-bond acceptors (Lipinski definition) is 7. The van der Waals surface area contributed by atoms with Crippen LogP contribution < -0.4 is 10.1 Å². The van der Waals surface area contributed by atoms with Gasteiger partial charge in [0.1, 0.15) is 5.52 Å². The van der Waals surface area contributed by atoms with Crippen molar-refractivity contribution in [2.45, 2.75) is 43.5 Å². The van der Waals surface area contributed by atoms with Gasteiger partial charge in [-0.05, 0) is 49.4 Å². The quantitative estimate of drug-likeness (QED) is 0.477. The van der Waals surface area contributed by atoms with E-state index in [1.54, 1.807) is 23.1 Å². The highest BCUT2D eigenvalue weighted by molar-refractivity contribution is 5.89. The number of benzene rings is 1. The summed E-state index contributed by atoms with van der Waals surface area (Å²) in [7, 11) is 1.50.